The van der Waals surface area contributed by atoms with E-state index in [1.807, 2.05) is 20.8 Å². The molecule has 6 heteroatoms. The van der Waals surface area contributed by atoms with Crippen molar-refractivity contribution in [3.8, 4) is 0 Å². The number of hydrogen-bond acceptors (Lipinski definition) is 3. The maximum Gasteiger partial charge on any atom is 0.324 e. The van der Waals surface area contributed by atoms with E-state index >= 15 is 0 Å². The van der Waals surface area contributed by atoms with E-state index in [-0.39, 0.29) is 11.7 Å². The van der Waals surface area contributed by atoms with Crippen molar-refractivity contribution in [3.05, 3.63) is 0 Å². The van der Waals surface area contributed by atoms with Crippen molar-refractivity contribution < 1.29 is 18.3 Å². The molecule has 100 valence electrons. The standard InChI is InChI=1S/C11H21NO4S/c1-10(2,3)7-17(15,16)12-11(4,9(13)14)8-5-6-8/h8,12H,5-7H2,1-4H3,(H,13,14). The van der Waals surface area contributed by atoms with Crippen molar-refractivity contribution in [2.45, 2.75) is 46.1 Å². The van der Waals surface area contributed by atoms with Gasteiger partial charge in [0.05, 0.1) is 5.75 Å². The number of hydrogen-bond donors (Lipinski definition) is 2. The van der Waals surface area contributed by atoms with Crippen LogP contribution in [0.25, 0.3) is 0 Å². The van der Waals surface area contributed by atoms with Gasteiger partial charge in [0, 0.05) is 0 Å². The second-order valence-corrected chi connectivity index (χ2v) is 7.93. The average molecular weight is 263 g/mol. The first-order chi connectivity index (χ1) is 7.46. The lowest BCUT2D eigenvalue weighted by Gasteiger charge is -2.28. The van der Waals surface area contributed by atoms with E-state index in [4.69, 9.17) is 0 Å². The molecule has 0 radical (unpaired) electrons. The van der Waals surface area contributed by atoms with Crippen molar-refractivity contribution in [1.29, 1.82) is 0 Å². The highest BCUT2D eigenvalue weighted by atomic mass is 32.2. The number of carboxylic acid groups (broad SMARTS) is 1. The molecule has 1 aliphatic carbocycles. The number of nitrogens with one attached hydrogen (secondary N) is 1. The van der Waals surface area contributed by atoms with Crippen molar-refractivity contribution in [1.82, 2.24) is 4.72 Å². The van der Waals surface area contributed by atoms with Crippen LogP contribution in [0.2, 0.25) is 0 Å². The second-order valence-electron chi connectivity index (χ2n) is 6.20. The Bertz CT molecular complexity index is 406. The van der Waals surface area contributed by atoms with Crippen molar-refractivity contribution in [2.75, 3.05) is 5.75 Å². The summed E-state index contributed by atoms with van der Waals surface area (Å²) < 4.78 is 26.2. The Labute approximate surface area is 103 Å². The topological polar surface area (TPSA) is 83.5 Å². The van der Waals surface area contributed by atoms with Gasteiger partial charge in [0.25, 0.3) is 0 Å². The van der Waals surface area contributed by atoms with E-state index in [1.54, 1.807) is 0 Å². The quantitative estimate of drug-likeness (QED) is 0.781. The van der Waals surface area contributed by atoms with Crippen LogP contribution in [-0.2, 0) is 14.8 Å². The van der Waals surface area contributed by atoms with E-state index in [0.717, 1.165) is 12.8 Å². The van der Waals surface area contributed by atoms with Crippen molar-refractivity contribution >= 4 is 16.0 Å². The number of carboxylic acids is 1. The number of rotatable bonds is 5. The molecule has 0 heterocycles. The van der Waals surface area contributed by atoms with Gasteiger partial charge in [-0.25, -0.2) is 8.42 Å². The lowest BCUT2D eigenvalue weighted by molar-refractivity contribution is -0.144. The number of sulfonamides is 1. The predicted molar refractivity (Wildman–Crippen MR) is 65.1 cm³/mol. The van der Waals surface area contributed by atoms with Gasteiger partial charge in [-0.1, -0.05) is 20.8 Å². The summed E-state index contributed by atoms with van der Waals surface area (Å²) in [5.74, 6) is -1.26. The fourth-order valence-corrected chi connectivity index (χ4v) is 4.00. The van der Waals surface area contributed by atoms with Crippen LogP contribution in [0.1, 0.15) is 40.5 Å². The van der Waals surface area contributed by atoms with E-state index in [9.17, 15) is 18.3 Å². The highest BCUT2D eigenvalue weighted by molar-refractivity contribution is 7.89. The zero-order valence-corrected chi connectivity index (χ0v) is 11.6. The maximum absolute atomic E-state index is 11.9. The number of carbonyl (C=O) groups is 1. The molecule has 0 aromatic carbocycles. The molecule has 0 aromatic rings. The van der Waals surface area contributed by atoms with E-state index in [1.165, 1.54) is 6.92 Å². The van der Waals surface area contributed by atoms with Crippen LogP contribution in [0.5, 0.6) is 0 Å². The Morgan fingerprint density at radius 3 is 2.06 bits per heavy atom. The molecule has 0 aliphatic heterocycles. The molecule has 17 heavy (non-hydrogen) atoms. The van der Waals surface area contributed by atoms with E-state index < -0.39 is 26.9 Å². The predicted octanol–water partition coefficient (Wildman–Crippen LogP) is 1.21. The van der Waals surface area contributed by atoms with Gasteiger partial charge in [0.2, 0.25) is 10.0 Å². The Balaban J connectivity index is 2.84. The van der Waals surface area contributed by atoms with Crippen LogP contribution in [0, 0.1) is 11.3 Å². The molecule has 1 rings (SSSR count). The minimum atomic E-state index is -3.58. The molecule has 1 atom stereocenters. The van der Waals surface area contributed by atoms with Crippen molar-refractivity contribution in [3.63, 3.8) is 0 Å². The molecule has 0 saturated heterocycles. The fraction of sp³-hybridized carbons (Fsp3) is 0.909. The molecule has 1 unspecified atom stereocenters. The Hall–Kier alpha value is -0.620. The van der Waals surface area contributed by atoms with Gasteiger partial charge in [0.15, 0.2) is 0 Å². The molecule has 1 aliphatic rings. The summed E-state index contributed by atoms with van der Waals surface area (Å²) in [6.45, 7) is 6.87. The van der Waals surface area contributed by atoms with Crippen LogP contribution in [0.3, 0.4) is 0 Å². The van der Waals surface area contributed by atoms with Gasteiger partial charge in [0.1, 0.15) is 5.54 Å². The summed E-state index contributed by atoms with van der Waals surface area (Å²) in [6, 6.07) is 0. The maximum atomic E-state index is 11.9. The lowest BCUT2D eigenvalue weighted by atomic mass is 9.98. The van der Waals surface area contributed by atoms with Gasteiger partial charge in [-0.15, -0.1) is 0 Å². The molecule has 0 amide bonds. The molecule has 2 N–H and O–H groups in total. The summed E-state index contributed by atoms with van der Waals surface area (Å²) in [4.78, 5) is 11.2. The first kappa shape index (κ1) is 14.4. The fourth-order valence-electron chi connectivity index (χ4n) is 1.89. The normalized spacial score (nSPS) is 20.9. The van der Waals surface area contributed by atoms with Crippen molar-refractivity contribution in [2.24, 2.45) is 11.3 Å². The second kappa shape index (κ2) is 4.24. The summed E-state index contributed by atoms with van der Waals surface area (Å²) in [7, 11) is -3.58. The van der Waals surface area contributed by atoms with E-state index in [0.29, 0.717) is 0 Å². The minimum absolute atomic E-state index is 0.0738. The third-order valence-corrected chi connectivity index (χ3v) is 4.81. The Morgan fingerprint density at radius 1 is 1.29 bits per heavy atom. The van der Waals surface area contributed by atoms with E-state index in [2.05, 4.69) is 4.72 Å². The third kappa shape index (κ3) is 3.96. The monoisotopic (exact) mass is 263 g/mol. The highest BCUT2D eigenvalue weighted by Crippen LogP contribution is 2.40. The smallest absolute Gasteiger partial charge is 0.324 e. The Morgan fingerprint density at radius 2 is 1.76 bits per heavy atom. The van der Waals surface area contributed by atoms with Gasteiger partial charge in [-0.2, -0.15) is 4.72 Å². The Kier molecular flexibility index (Phi) is 3.60. The van der Waals surface area contributed by atoms with Crippen LogP contribution >= 0.6 is 0 Å². The largest absolute Gasteiger partial charge is 0.480 e. The summed E-state index contributed by atoms with van der Waals surface area (Å²) in [5.41, 5.74) is -1.75. The van der Waals surface area contributed by atoms with Crippen LogP contribution in [0.4, 0.5) is 0 Å². The van der Waals surface area contributed by atoms with Gasteiger partial charge in [-0.05, 0) is 31.1 Å². The first-order valence-electron chi connectivity index (χ1n) is 5.71. The van der Waals surface area contributed by atoms with Crippen LogP contribution in [-0.4, -0.2) is 30.8 Å². The van der Waals surface area contributed by atoms with Gasteiger partial charge < -0.3 is 5.11 Å². The summed E-state index contributed by atoms with van der Waals surface area (Å²) >= 11 is 0. The minimum Gasteiger partial charge on any atom is -0.480 e. The SMILES string of the molecule is CC(C)(C)CS(=O)(=O)NC(C)(C(=O)O)C1CC1. The zero-order valence-electron chi connectivity index (χ0n) is 10.8. The molecular formula is C11H21NO4S. The molecule has 0 bridgehead atoms. The molecule has 0 spiro atoms. The summed E-state index contributed by atoms with van der Waals surface area (Å²) in [6.07, 6.45) is 1.53. The third-order valence-electron chi connectivity index (χ3n) is 2.83. The molecular weight excluding hydrogens is 242 g/mol. The van der Waals surface area contributed by atoms with Gasteiger partial charge in [-0.3, -0.25) is 4.79 Å². The molecule has 0 aromatic heterocycles. The first-order valence-corrected chi connectivity index (χ1v) is 7.36. The zero-order chi connectivity index (χ0) is 13.5. The van der Waals surface area contributed by atoms with Gasteiger partial charge >= 0.3 is 5.97 Å². The highest BCUT2D eigenvalue weighted by Gasteiger charge is 2.50. The summed E-state index contributed by atoms with van der Waals surface area (Å²) in [5, 5.41) is 9.18. The van der Waals surface area contributed by atoms with Crippen LogP contribution < -0.4 is 4.72 Å². The van der Waals surface area contributed by atoms with Crippen LogP contribution in [0.15, 0.2) is 0 Å². The number of aliphatic carboxylic acids is 1. The lowest BCUT2D eigenvalue weighted by Crippen LogP contribution is -2.55. The molecule has 1 saturated carbocycles. The average Bonchev–Trinajstić information content (AvgIpc) is 2.78. The molecule has 5 nitrogen and oxygen atoms in total. The molecule has 1 fully saturated rings.